The molecule has 0 atom stereocenters. The molecule has 0 fully saturated rings. The number of hydrogen-bond acceptors (Lipinski definition) is 24. The third kappa shape index (κ3) is 21.1. The van der Waals surface area contributed by atoms with Crippen LogP contribution in [0.1, 0.15) is 158 Å². The molecule has 0 aliphatic carbocycles. The molecule has 0 N–H and O–H groups in total. The Labute approximate surface area is 585 Å². The molecule has 0 aromatic heterocycles. The molecule has 0 aromatic carbocycles. The van der Waals surface area contributed by atoms with Gasteiger partial charge in [0.1, 0.15) is 0 Å². The Hall–Kier alpha value is 5.28. The van der Waals surface area contributed by atoms with Crippen molar-refractivity contribution in [2.75, 3.05) is 46.0 Å². The fourth-order valence-electron chi connectivity index (χ4n) is 6.90. The molecule has 0 nitrogen and oxygen atoms in total. The normalized spacial score (nSPS) is 23.8. The quantitative estimate of drug-likeness (QED) is 0.0552. The van der Waals surface area contributed by atoms with Gasteiger partial charge < -0.3 is 0 Å². The summed E-state index contributed by atoms with van der Waals surface area (Å²) in [6.07, 6.45) is 20.0. The van der Waals surface area contributed by atoms with Gasteiger partial charge in [0, 0.05) is 29.4 Å². The number of hydrogen-bond donors (Lipinski definition) is 0. The molecule has 0 saturated carbocycles. The van der Waals surface area contributed by atoms with Crippen molar-refractivity contribution >= 4 is 282 Å². The Balaban J connectivity index is 1.08. The van der Waals surface area contributed by atoms with E-state index in [0.717, 1.165) is 0 Å². The smallest absolute Gasteiger partial charge is 0.0712 e. The summed E-state index contributed by atoms with van der Waals surface area (Å²) in [5.41, 5.74) is 0. The van der Waals surface area contributed by atoms with Crippen LogP contribution < -0.4 is 0 Å². The zero-order valence-corrected chi connectivity index (χ0v) is 66.5. The minimum atomic E-state index is 1.18. The summed E-state index contributed by atoms with van der Waals surface area (Å²) >= 11 is 50.1. The minimum absolute atomic E-state index is 1.18. The van der Waals surface area contributed by atoms with E-state index in [1.807, 2.05) is 47.0 Å². The van der Waals surface area contributed by atoms with E-state index < -0.39 is 0 Å². The zero-order valence-electron chi connectivity index (χ0n) is 46.9. The number of unbranched alkanes of at least 4 members (excludes halogenated alkanes) is 8. The molecule has 24 heteroatoms. The molecule has 0 unspecified atom stereocenters. The lowest BCUT2D eigenvalue weighted by molar-refractivity contribution is 0.897. The molecule has 0 amide bonds. The van der Waals surface area contributed by atoms with E-state index in [-0.39, 0.29) is 0 Å². The number of rotatable bonds is 35. The zero-order chi connectivity index (χ0) is 56.1. The average Bonchev–Trinajstić information content (AvgIpc) is 4.38. The maximum absolute atomic E-state index is 2.43. The van der Waals surface area contributed by atoms with Gasteiger partial charge in [-0.15, -0.1) is 94.1 Å². The third-order valence-electron chi connectivity index (χ3n) is 11.5. The molecule has 0 spiro atoms. The van der Waals surface area contributed by atoms with Gasteiger partial charge in [-0.1, -0.05) is 295 Å². The first kappa shape index (κ1) is 71.1. The molecule has 8 aliphatic rings. The van der Waals surface area contributed by atoms with Crippen molar-refractivity contribution in [3.8, 4) is 0 Å². The van der Waals surface area contributed by atoms with Gasteiger partial charge in [-0.25, -0.2) is 0 Å². The molecule has 8 heterocycles. The molecule has 0 saturated heterocycles. The first-order chi connectivity index (χ1) is 39.3. The highest BCUT2D eigenvalue weighted by Crippen LogP contribution is 2.74. The summed E-state index contributed by atoms with van der Waals surface area (Å²) in [4.78, 5) is 9.20. The van der Waals surface area contributed by atoms with Crippen LogP contribution in [0.4, 0.5) is 0 Å². The van der Waals surface area contributed by atoms with Crippen LogP contribution >= 0.6 is 282 Å². The van der Waals surface area contributed by atoms with Crippen LogP contribution in [0.2, 0.25) is 0 Å². The van der Waals surface area contributed by atoms with Crippen LogP contribution in [0.25, 0.3) is 0 Å². The molecule has 8 aliphatic heterocycles. The second kappa shape index (κ2) is 39.7. The van der Waals surface area contributed by atoms with E-state index >= 15 is 0 Å². The molecule has 442 valence electrons. The molecule has 0 bridgehead atoms. The molecule has 8 rings (SSSR count). The summed E-state index contributed by atoms with van der Waals surface area (Å²) < 4.78 is 24.2. The summed E-state index contributed by atoms with van der Waals surface area (Å²) in [5.74, 6) is 9.54. The lowest BCUT2D eigenvalue weighted by Gasteiger charge is -2.08. The predicted molar refractivity (Wildman–Crippen MR) is 427 cm³/mol. The van der Waals surface area contributed by atoms with Crippen LogP contribution in [-0.2, 0) is 0 Å². The summed E-state index contributed by atoms with van der Waals surface area (Å²) in [5, 5.41) is 4.85. The Morgan fingerprint density at radius 3 is 0.613 bits per heavy atom. The van der Waals surface area contributed by atoms with Crippen LogP contribution in [0, 0.1) is 0 Å². The van der Waals surface area contributed by atoms with Gasteiger partial charge in [0.05, 0.1) is 67.8 Å². The van der Waals surface area contributed by atoms with Gasteiger partial charge in [-0.2, -0.15) is 0 Å². The van der Waals surface area contributed by atoms with E-state index in [4.69, 9.17) is 0 Å². The molecule has 0 aromatic rings. The van der Waals surface area contributed by atoms with E-state index in [2.05, 4.69) is 301 Å². The van der Waals surface area contributed by atoms with Crippen molar-refractivity contribution in [1.29, 1.82) is 0 Å². The highest BCUT2D eigenvalue weighted by molar-refractivity contribution is 8.45. The van der Waals surface area contributed by atoms with Gasteiger partial charge >= 0.3 is 0 Å². The van der Waals surface area contributed by atoms with Crippen molar-refractivity contribution in [3.63, 3.8) is 0 Å². The summed E-state index contributed by atoms with van der Waals surface area (Å²) in [6, 6.07) is 0. The van der Waals surface area contributed by atoms with E-state index in [1.165, 1.54) is 246 Å². The lowest BCUT2D eigenvalue weighted by atomic mass is 10.4. The van der Waals surface area contributed by atoms with Crippen molar-refractivity contribution < 1.29 is 0 Å². The largest absolute Gasteiger partial charge is 0.118 e. The lowest BCUT2D eigenvalue weighted by Crippen LogP contribution is -1.84. The fraction of sp³-hybridized carbons (Fsp3) is 0.571. The topological polar surface area (TPSA) is 0 Å². The van der Waals surface area contributed by atoms with Gasteiger partial charge in [-0.05, 0) is 108 Å². The molecule has 80 heavy (non-hydrogen) atoms. The standard InChI is InChI=1S/C56H74S24/c1-9-17-25-57-35-33-65-49(67-35)51-69-37(43(75-51)59-27-19-11-3)39-45(61-29-21-13-5)77-53(71-39)55-73-41(47(79-55)63-31-23-15-7)42-48(64-32-24-16-8)80-56(74-42)54-72-40(46(78-54)62-30-22-14-6)38-44(60-28-20-12-4)76-52(70-38)50-66-34-36(68-50)58-26-18-10-2/h33-34H,9-32H2,1-8H3/b51-49-,52-50-,55-53+,56-54+. The van der Waals surface area contributed by atoms with E-state index in [0.29, 0.717) is 0 Å². The average molecular weight is 1520 g/mol. The van der Waals surface area contributed by atoms with Crippen LogP contribution in [-0.4, -0.2) is 46.0 Å². The van der Waals surface area contributed by atoms with Gasteiger partial charge in [0.25, 0.3) is 0 Å². The maximum atomic E-state index is 2.43. The molecule has 0 radical (unpaired) electrons. The first-order valence-electron chi connectivity index (χ1n) is 28.0. The first-order valence-corrected chi connectivity index (χ1v) is 49.1. The monoisotopic (exact) mass is 1510 g/mol. The van der Waals surface area contributed by atoms with Gasteiger partial charge in [-0.3, -0.25) is 0 Å². The highest BCUT2D eigenvalue weighted by atomic mass is 32.3. The fourth-order valence-corrected chi connectivity index (χ4v) is 43.1. The Bertz CT molecular complexity index is 2390. The summed E-state index contributed by atoms with van der Waals surface area (Å²) in [6.45, 7) is 18.7. The van der Waals surface area contributed by atoms with Crippen LogP contribution in [0.15, 0.2) is 108 Å². The van der Waals surface area contributed by atoms with Crippen molar-refractivity contribution in [3.05, 3.63) is 108 Å². The maximum Gasteiger partial charge on any atom is 0.0712 e. The SMILES string of the molecule is CCCCSC1=CS/C(=C2/SC(SCCCC)=C(C3=C(SCCCC)S/C(=C4/SC(SCCCC)=C(C5=C(SCCCC)S/C(=C6/SC(SCCCC)=C(C7=C(SCCCC)S/C(=C8/SC=C(SCCCC)S8)S7)S6)S5)S4)S3)S2)S1. The summed E-state index contributed by atoms with van der Waals surface area (Å²) in [7, 11) is 0. The minimum Gasteiger partial charge on any atom is -0.118 e. The Morgan fingerprint density at radius 2 is 0.412 bits per heavy atom. The Morgan fingerprint density at radius 1 is 0.225 bits per heavy atom. The molecular formula is C56H74S24. The van der Waals surface area contributed by atoms with Crippen LogP contribution in [0.5, 0.6) is 0 Å². The van der Waals surface area contributed by atoms with Gasteiger partial charge in [0.2, 0.25) is 0 Å². The number of thioether (sulfide) groups is 24. The predicted octanol–water partition coefficient (Wildman–Crippen LogP) is 30.2. The van der Waals surface area contributed by atoms with Crippen LogP contribution in [0.3, 0.4) is 0 Å². The second-order valence-electron chi connectivity index (χ2n) is 18.2. The second-order valence-corrected chi connectivity index (χ2v) is 47.3. The highest BCUT2D eigenvalue weighted by Gasteiger charge is 2.41. The van der Waals surface area contributed by atoms with Crippen molar-refractivity contribution in [1.82, 2.24) is 0 Å². The third-order valence-corrected chi connectivity index (χ3v) is 46.2. The molecular weight excluding hydrogens is 1440 g/mol. The van der Waals surface area contributed by atoms with Gasteiger partial charge in [0.15, 0.2) is 0 Å². The van der Waals surface area contributed by atoms with E-state index in [1.54, 1.807) is 0 Å². The Kier molecular flexibility index (Phi) is 35.3. The van der Waals surface area contributed by atoms with Crippen molar-refractivity contribution in [2.45, 2.75) is 158 Å². The van der Waals surface area contributed by atoms with E-state index in [9.17, 15) is 0 Å². The van der Waals surface area contributed by atoms with Crippen molar-refractivity contribution in [2.24, 2.45) is 0 Å².